The molecule has 3 nitrogen and oxygen atoms in total. The van der Waals surface area contributed by atoms with Gasteiger partial charge in [-0.3, -0.25) is 0 Å². The largest absolute Gasteiger partial charge is 0.496 e. The quantitative estimate of drug-likeness (QED) is 0.863. The van der Waals surface area contributed by atoms with Crippen LogP contribution in [-0.4, -0.2) is 12.1 Å². The molecule has 2 atom stereocenters. The second kappa shape index (κ2) is 6.86. The minimum atomic E-state index is 0.222. The average Bonchev–Trinajstić information content (AvgIpc) is 2.98. The molecule has 0 radical (unpaired) electrons. The predicted molar refractivity (Wildman–Crippen MR) is 84.4 cm³/mol. The Morgan fingerprint density at radius 1 is 1.40 bits per heavy atom. The third-order valence-electron chi connectivity index (χ3n) is 3.46. The standard InChI is InChI=1S/C16H22N2OS/c1-5-14(16-17-8-9-20-16)18-12(3)13-7-6-11(2)10-15(13)19-4/h6-10,12,14,18H,5H2,1-4H3. The SMILES string of the molecule is CCC(NC(C)c1ccc(C)cc1OC)c1nccs1. The molecule has 0 aliphatic carbocycles. The number of rotatable bonds is 6. The monoisotopic (exact) mass is 290 g/mol. The van der Waals surface area contributed by atoms with E-state index in [0.717, 1.165) is 17.2 Å². The molecule has 2 aromatic rings. The van der Waals surface area contributed by atoms with E-state index in [9.17, 15) is 0 Å². The lowest BCUT2D eigenvalue weighted by molar-refractivity contribution is 0.391. The van der Waals surface area contributed by atoms with Crippen molar-refractivity contribution in [1.29, 1.82) is 0 Å². The zero-order chi connectivity index (χ0) is 14.5. The highest BCUT2D eigenvalue weighted by atomic mass is 32.1. The van der Waals surface area contributed by atoms with Crippen LogP contribution < -0.4 is 10.1 Å². The molecule has 0 aliphatic heterocycles. The fraction of sp³-hybridized carbons (Fsp3) is 0.438. The highest BCUT2D eigenvalue weighted by Crippen LogP contribution is 2.29. The van der Waals surface area contributed by atoms with E-state index in [0.29, 0.717) is 0 Å². The van der Waals surface area contributed by atoms with Gasteiger partial charge in [-0.15, -0.1) is 11.3 Å². The molecule has 0 saturated carbocycles. The van der Waals surface area contributed by atoms with Crippen molar-refractivity contribution < 1.29 is 4.74 Å². The second-order valence-corrected chi connectivity index (χ2v) is 5.89. The van der Waals surface area contributed by atoms with Gasteiger partial charge in [0.05, 0.1) is 13.2 Å². The van der Waals surface area contributed by atoms with Crippen molar-refractivity contribution in [2.45, 2.75) is 39.3 Å². The Bertz CT molecular complexity index is 539. The maximum atomic E-state index is 5.50. The fourth-order valence-corrected chi connectivity index (χ4v) is 3.12. The van der Waals surface area contributed by atoms with Gasteiger partial charge in [0.25, 0.3) is 0 Å². The number of hydrogen-bond acceptors (Lipinski definition) is 4. The van der Waals surface area contributed by atoms with Crippen LogP contribution in [0.3, 0.4) is 0 Å². The number of hydrogen-bond donors (Lipinski definition) is 1. The first-order valence-electron chi connectivity index (χ1n) is 6.95. The predicted octanol–water partition coefficient (Wildman–Crippen LogP) is 4.26. The molecule has 2 unspecified atom stereocenters. The van der Waals surface area contributed by atoms with E-state index in [1.54, 1.807) is 18.4 Å². The topological polar surface area (TPSA) is 34.1 Å². The third-order valence-corrected chi connectivity index (χ3v) is 4.35. The molecule has 0 aliphatic rings. The Morgan fingerprint density at radius 2 is 2.20 bits per heavy atom. The molecule has 0 bridgehead atoms. The summed E-state index contributed by atoms with van der Waals surface area (Å²) in [5.41, 5.74) is 2.40. The van der Waals surface area contributed by atoms with Gasteiger partial charge in [0.1, 0.15) is 10.8 Å². The van der Waals surface area contributed by atoms with Crippen molar-refractivity contribution in [1.82, 2.24) is 10.3 Å². The van der Waals surface area contributed by atoms with Crippen molar-refractivity contribution in [3.05, 3.63) is 45.9 Å². The molecule has 1 aromatic heterocycles. The van der Waals surface area contributed by atoms with Gasteiger partial charge in [-0.2, -0.15) is 0 Å². The molecule has 2 rings (SSSR count). The van der Waals surface area contributed by atoms with E-state index in [1.807, 2.05) is 11.6 Å². The van der Waals surface area contributed by atoms with Gasteiger partial charge in [-0.25, -0.2) is 4.98 Å². The van der Waals surface area contributed by atoms with Gasteiger partial charge in [0.2, 0.25) is 0 Å². The molecular formula is C16H22N2OS. The van der Waals surface area contributed by atoms with E-state index in [1.165, 1.54) is 11.1 Å². The lowest BCUT2D eigenvalue weighted by atomic mass is 10.0. The van der Waals surface area contributed by atoms with Crippen molar-refractivity contribution in [2.75, 3.05) is 7.11 Å². The smallest absolute Gasteiger partial charge is 0.123 e. The number of aryl methyl sites for hydroxylation is 1. The average molecular weight is 290 g/mol. The van der Waals surface area contributed by atoms with Gasteiger partial charge in [-0.1, -0.05) is 19.1 Å². The van der Waals surface area contributed by atoms with Gasteiger partial charge in [0.15, 0.2) is 0 Å². The normalized spacial score (nSPS) is 14.0. The number of nitrogens with zero attached hydrogens (tertiary/aromatic N) is 1. The summed E-state index contributed by atoms with van der Waals surface area (Å²) in [5.74, 6) is 0.944. The first-order valence-corrected chi connectivity index (χ1v) is 7.83. The van der Waals surface area contributed by atoms with E-state index in [-0.39, 0.29) is 12.1 Å². The summed E-state index contributed by atoms with van der Waals surface area (Å²) in [7, 11) is 1.73. The number of aromatic nitrogens is 1. The van der Waals surface area contributed by atoms with E-state index >= 15 is 0 Å². The summed E-state index contributed by atoms with van der Waals surface area (Å²) in [6.45, 7) is 6.43. The highest BCUT2D eigenvalue weighted by molar-refractivity contribution is 7.09. The van der Waals surface area contributed by atoms with Crippen LogP contribution >= 0.6 is 11.3 Å². The van der Waals surface area contributed by atoms with Crippen molar-refractivity contribution in [3.8, 4) is 5.75 Å². The van der Waals surface area contributed by atoms with Crippen molar-refractivity contribution in [3.63, 3.8) is 0 Å². The summed E-state index contributed by atoms with van der Waals surface area (Å²) in [4.78, 5) is 4.42. The van der Waals surface area contributed by atoms with Gasteiger partial charge in [0, 0.05) is 23.2 Å². The Morgan fingerprint density at radius 3 is 2.80 bits per heavy atom. The molecule has 0 saturated heterocycles. The third kappa shape index (κ3) is 3.38. The zero-order valence-corrected chi connectivity index (χ0v) is 13.3. The maximum Gasteiger partial charge on any atom is 0.123 e. The van der Waals surface area contributed by atoms with Crippen LogP contribution in [0, 0.1) is 6.92 Å². The first-order chi connectivity index (χ1) is 9.65. The van der Waals surface area contributed by atoms with Crippen LogP contribution in [0.5, 0.6) is 5.75 Å². The van der Waals surface area contributed by atoms with Crippen LogP contribution in [0.25, 0.3) is 0 Å². The summed E-state index contributed by atoms with van der Waals surface area (Å²) in [6.07, 6.45) is 2.88. The number of ether oxygens (including phenoxy) is 1. The fourth-order valence-electron chi connectivity index (χ4n) is 2.34. The summed E-state index contributed by atoms with van der Waals surface area (Å²) in [5, 5.41) is 6.82. The Kier molecular flexibility index (Phi) is 5.15. The Hall–Kier alpha value is -1.39. The van der Waals surface area contributed by atoms with Crippen LogP contribution in [-0.2, 0) is 0 Å². The Balaban J connectivity index is 2.17. The second-order valence-electron chi connectivity index (χ2n) is 4.96. The lowest BCUT2D eigenvalue weighted by Crippen LogP contribution is -2.24. The van der Waals surface area contributed by atoms with Crippen molar-refractivity contribution in [2.24, 2.45) is 0 Å². The molecule has 1 N–H and O–H groups in total. The molecule has 0 amide bonds. The summed E-state index contributed by atoms with van der Waals surface area (Å²) >= 11 is 1.70. The van der Waals surface area contributed by atoms with Crippen LogP contribution in [0.15, 0.2) is 29.8 Å². The van der Waals surface area contributed by atoms with Crippen LogP contribution in [0.1, 0.15) is 48.5 Å². The van der Waals surface area contributed by atoms with Crippen LogP contribution in [0.4, 0.5) is 0 Å². The van der Waals surface area contributed by atoms with Gasteiger partial charge in [-0.05, 0) is 31.9 Å². The lowest BCUT2D eigenvalue weighted by Gasteiger charge is -2.22. The Labute approximate surface area is 125 Å². The van der Waals surface area contributed by atoms with Gasteiger partial charge < -0.3 is 10.1 Å². The van der Waals surface area contributed by atoms with Gasteiger partial charge >= 0.3 is 0 Å². The number of nitrogens with one attached hydrogen (secondary N) is 1. The first kappa shape index (κ1) is 15.0. The maximum absolute atomic E-state index is 5.50. The minimum Gasteiger partial charge on any atom is -0.496 e. The van der Waals surface area contributed by atoms with Crippen molar-refractivity contribution >= 4 is 11.3 Å². The molecule has 0 fully saturated rings. The van der Waals surface area contributed by atoms with E-state index in [4.69, 9.17) is 4.74 Å². The zero-order valence-electron chi connectivity index (χ0n) is 12.5. The van der Waals surface area contributed by atoms with Crippen LogP contribution in [0.2, 0.25) is 0 Å². The van der Waals surface area contributed by atoms with E-state index in [2.05, 4.69) is 49.3 Å². The molecule has 0 spiro atoms. The number of benzene rings is 1. The minimum absolute atomic E-state index is 0.222. The number of thiazole rings is 1. The highest BCUT2D eigenvalue weighted by Gasteiger charge is 2.18. The van der Waals surface area contributed by atoms with E-state index < -0.39 is 0 Å². The molecule has 108 valence electrons. The summed E-state index contributed by atoms with van der Waals surface area (Å²) in [6, 6.07) is 6.86. The molecule has 20 heavy (non-hydrogen) atoms. The molecule has 1 aromatic carbocycles. The summed E-state index contributed by atoms with van der Waals surface area (Å²) < 4.78 is 5.50. The molecule has 4 heteroatoms. The molecule has 1 heterocycles. The number of methoxy groups -OCH3 is 1. The molecular weight excluding hydrogens is 268 g/mol.